The van der Waals surface area contributed by atoms with Gasteiger partial charge in [-0.05, 0) is 0 Å². The van der Waals surface area contributed by atoms with Gasteiger partial charge in [-0.3, -0.25) is 0 Å². The molecule has 0 saturated heterocycles. The molecule has 0 bridgehead atoms. The lowest BCUT2D eigenvalue weighted by atomic mass is 10.1. The molecule has 0 spiro atoms. The first-order chi connectivity index (χ1) is 8.77. The van der Waals surface area contributed by atoms with Crippen molar-refractivity contribution in [1.29, 1.82) is 0 Å². The second-order valence-electron chi connectivity index (χ2n) is 3.69. The van der Waals surface area contributed by atoms with Gasteiger partial charge in [-0.1, -0.05) is 24.3 Å². The van der Waals surface area contributed by atoms with E-state index in [4.69, 9.17) is 5.11 Å². The summed E-state index contributed by atoms with van der Waals surface area (Å²) in [6, 6.07) is 7.18. The third-order valence-corrected chi connectivity index (χ3v) is 2.64. The van der Waals surface area contributed by atoms with E-state index in [0.29, 0.717) is 11.2 Å². The lowest BCUT2D eigenvalue weighted by molar-refractivity contribution is 0.0698. The molecule has 6 heteroatoms. The molecule has 1 N–H and O–H groups in total. The van der Waals surface area contributed by atoms with Crippen LogP contribution in [0.3, 0.4) is 0 Å². The molecule has 3 rings (SSSR count). The minimum atomic E-state index is -0.996. The average molecular weight is 240 g/mol. The van der Waals surface area contributed by atoms with Gasteiger partial charge in [-0.2, -0.15) is 5.10 Å². The molecule has 0 amide bonds. The average Bonchev–Trinajstić information content (AvgIpc) is 2.91. The molecule has 0 fully saturated rings. The molecule has 0 aliphatic heterocycles. The predicted octanol–water partition coefficient (Wildman–Crippen LogP) is 1.51. The molecule has 3 aromatic rings. The highest BCUT2D eigenvalue weighted by molar-refractivity contribution is 6.05. The quantitative estimate of drug-likeness (QED) is 0.734. The van der Waals surface area contributed by atoms with Gasteiger partial charge in [-0.15, -0.1) is 0 Å². The molecular formula is C12H8N4O2. The Morgan fingerprint density at radius 3 is 2.67 bits per heavy atom. The van der Waals surface area contributed by atoms with Crippen LogP contribution in [-0.2, 0) is 0 Å². The van der Waals surface area contributed by atoms with Crippen LogP contribution in [0.25, 0.3) is 16.6 Å². The monoisotopic (exact) mass is 240 g/mol. The number of pyridine rings is 1. The normalized spacial score (nSPS) is 10.7. The van der Waals surface area contributed by atoms with Crippen LogP contribution < -0.4 is 0 Å². The van der Waals surface area contributed by atoms with Crippen LogP contribution in [0.4, 0.5) is 0 Å². The van der Waals surface area contributed by atoms with E-state index in [2.05, 4.69) is 15.1 Å². The summed E-state index contributed by atoms with van der Waals surface area (Å²) < 4.78 is 1.51. The zero-order valence-corrected chi connectivity index (χ0v) is 9.19. The second-order valence-corrected chi connectivity index (χ2v) is 3.69. The molecule has 0 unspecified atom stereocenters. The highest BCUT2D eigenvalue weighted by atomic mass is 16.4. The van der Waals surface area contributed by atoms with E-state index in [-0.39, 0.29) is 5.56 Å². The third-order valence-electron chi connectivity index (χ3n) is 2.64. The van der Waals surface area contributed by atoms with E-state index in [1.165, 1.54) is 23.5 Å². The van der Waals surface area contributed by atoms with Crippen molar-refractivity contribution in [2.45, 2.75) is 0 Å². The van der Waals surface area contributed by atoms with Crippen LogP contribution in [-0.4, -0.2) is 30.8 Å². The van der Waals surface area contributed by atoms with Crippen molar-refractivity contribution in [3.05, 3.63) is 48.7 Å². The van der Waals surface area contributed by atoms with Gasteiger partial charge in [0.15, 0.2) is 5.82 Å². The van der Waals surface area contributed by atoms with Crippen molar-refractivity contribution in [3.63, 3.8) is 0 Å². The van der Waals surface area contributed by atoms with Gasteiger partial charge in [0.1, 0.15) is 12.7 Å². The molecule has 2 aromatic heterocycles. The smallest absolute Gasteiger partial charge is 0.337 e. The number of benzene rings is 1. The molecule has 0 aliphatic carbocycles. The summed E-state index contributed by atoms with van der Waals surface area (Å²) in [5.74, 6) is -0.433. The summed E-state index contributed by atoms with van der Waals surface area (Å²) in [6.07, 6.45) is 4.26. The minimum absolute atomic E-state index is 0.175. The number of nitrogens with zero attached hydrogens (tertiary/aromatic N) is 4. The molecule has 0 aliphatic rings. The number of carbonyl (C=O) groups is 1. The highest BCUT2D eigenvalue weighted by Crippen LogP contribution is 2.22. The van der Waals surface area contributed by atoms with Crippen molar-refractivity contribution >= 4 is 16.7 Å². The zero-order valence-electron chi connectivity index (χ0n) is 9.19. The summed E-state index contributed by atoms with van der Waals surface area (Å²) in [7, 11) is 0. The van der Waals surface area contributed by atoms with Crippen LogP contribution in [0.5, 0.6) is 0 Å². The third kappa shape index (κ3) is 1.51. The fourth-order valence-electron chi connectivity index (χ4n) is 1.85. The summed E-state index contributed by atoms with van der Waals surface area (Å²) >= 11 is 0. The van der Waals surface area contributed by atoms with E-state index in [1.54, 1.807) is 12.1 Å². The number of hydrogen-bond acceptors (Lipinski definition) is 4. The number of carboxylic acid groups (broad SMARTS) is 1. The molecule has 1 aromatic carbocycles. The van der Waals surface area contributed by atoms with Crippen molar-refractivity contribution in [3.8, 4) is 5.82 Å². The van der Waals surface area contributed by atoms with E-state index in [1.807, 2.05) is 12.1 Å². The lowest BCUT2D eigenvalue weighted by Gasteiger charge is -2.07. The molecule has 0 atom stereocenters. The van der Waals surface area contributed by atoms with Gasteiger partial charge in [-0.25, -0.2) is 19.4 Å². The lowest BCUT2D eigenvalue weighted by Crippen LogP contribution is -2.04. The fraction of sp³-hybridized carbons (Fsp3) is 0. The number of rotatable bonds is 2. The van der Waals surface area contributed by atoms with Gasteiger partial charge >= 0.3 is 5.97 Å². The Hall–Kier alpha value is -2.76. The fourth-order valence-corrected chi connectivity index (χ4v) is 1.85. The number of fused-ring (bicyclic) bond motifs is 1. The molecule has 88 valence electrons. The maximum Gasteiger partial charge on any atom is 0.337 e. The predicted molar refractivity (Wildman–Crippen MR) is 63.6 cm³/mol. The molecular weight excluding hydrogens is 232 g/mol. The van der Waals surface area contributed by atoms with Crippen LogP contribution in [0, 0.1) is 0 Å². The highest BCUT2D eigenvalue weighted by Gasteiger charge is 2.13. The maximum absolute atomic E-state index is 11.1. The van der Waals surface area contributed by atoms with E-state index in [9.17, 15) is 4.79 Å². The van der Waals surface area contributed by atoms with Gasteiger partial charge in [0.05, 0.1) is 5.56 Å². The van der Waals surface area contributed by atoms with Crippen molar-refractivity contribution in [1.82, 2.24) is 19.7 Å². The first kappa shape index (κ1) is 10.4. The SMILES string of the molecule is O=C(O)c1cnc(-n2cncn2)c2ccccc12. The minimum Gasteiger partial charge on any atom is -0.478 e. The maximum atomic E-state index is 11.1. The van der Waals surface area contributed by atoms with E-state index >= 15 is 0 Å². The molecule has 0 saturated carbocycles. The first-order valence-corrected chi connectivity index (χ1v) is 5.23. The number of hydrogen-bond donors (Lipinski definition) is 1. The molecule has 0 radical (unpaired) electrons. The van der Waals surface area contributed by atoms with E-state index in [0.717, 1.165) is 5.39 Å². The summed E-state index contributed by atoms with van der Waals surface area (Å²) in [5, 5.41) is 14.5. The second kappa shape index (κ2) is 3.92. The van der Waals surface area contributed by atoms with Crippen molar-refractivity contribution in [2.75, 3.05) is 0 Å². The first-order valence-electron chi connectivity index (χ1n) is 5.23. The van der Waals surface area contributed by atoms with Gasteiger partial charge < -0.3 is 5.11 Å². The van der Waals surface area contributed by atoms with Crippen LogP contribution in [0.1, 0.15) is 10.4 Å². The van der Waals surface area contributed by atoms with Crippen LogP contribution in [0.15, 0.2) is 43.1 Å². The number of carboxylic acids is 1. The topological polar surface area (TPSA) is 80.9 Å². The van der Waals surface area contributed by atoms with E-state index < -0.39 is 5.97 Å². The Morgan fingerprint density at radius 1 is 1.22 bits per heavy atom. The Bertz CT molecular complexity index is 722. The van der Waals surface area contributed by atoms with Gasteiger partial charge in [0, 0.05) is 17.0 Å². The Morgan fingerprint density at radius 2 is 2.00 bits per heavy atom. The summed E-state index contributed by atoms with van der Waals surface area (Å²) in [5.41, 5.74) is 0.175. The molecule has 6 nitrogen and oxygen atoms in total. The Balaban J connectivity index is 2.37. The molecule has 18 heavy (non-hydrogen) atoms. The standard InChI is InChI=1S/C12H8N4O2/c17-12(18)10-5-14-11(16-7-13-6-15-16)9-4-2-1-3-8(9)10/h1-7H,(H,17,18). The Labute approximate surface area is 102 Å². The largest absolute Gasteiger partial charge is 0.478 e. The Kier molecular flexibility index (Phi) is 2.26. The van der Waals surface area contributed by atoms with Crippen LogP contribution >= 0.6 is 0 Å². The van der Waals surface area contributed by atoms with Crippen molar-refractivity contribution < 1.29 is 9.90 Å². The number of aromatic nitrogens is 4. The van der Waals surface area contributed by atoms with Crippen molar-refractivity contribution in [2.24, 2.45) is 0 Å². The van der Waals surface area contributed by atoms with Gasteiger partial charge in [0.2, 0.25) is 0 Å². The summed E-state index contributed by atoms with van der Waals surface area (Å²) in [6.45, 7) is 0. The summed E-state index contributed by atoms with van der Waals surface area (Å²) in [4.78, 5) is 19.1. The van der Waals surface area contributed by atoms with Gasteiger partial charge in [0.25, 0.3) is 0 Å². The van der Waals surface area contributed by atoms with Crippen LogP contribution in [0.2, 0.25) is 0 Å². The molecule has 2 heterocycles. The zero-order chi connectivity index (χ0) is 12.5. The number of aromatic carboxylic acids is 1.